The second-order valence-electron chi connectivity index (χ2n) is 4.58. The molecule has 0 bridgehead atoms. The molecule has 98 valence electrons. The zero-order chi connectivity index (χ0) is 13.2. The maximum absolute atomic E-state index is 5.56. The molecular weight excluding hydrogens is 240 g/mol. The van der Waals surface area contributed by atoms with E-state index < -0.39 is 0 Å². The molecule has 5 heteroatoms. The van der Waals surface area contributed by atoms with Crippen LogP contribution in [-0.2, 0) is 17.8 Å². The molecule has 3 rings (SSSR count). The highest BCUT2D eigenvalue weighted by molar-refractivity contribution is 5.63. The summed E-state index contributed by atoms with van der Waals surface area (Å²) in [5.74, 6) is 6.93. The lowest BCUT2D eigenvalue weighted by Crippen LogP contribution is -2.19. The molecule has 0 radical (unpaired) electrons. The minimum absolute atomic E-state index is 0.517. The monoisotopic (exact) mass is 256 g/mol. The molecule has 0 saturated carbocycles. The molecule has 1 aliphatic rings. The molecule has 0 unspecified atom stereocenters. The van der Waals surface area contributed by atoms with Gasteiger partial charge in [-0.3, -0.25) is 0 Å². The van der Waals surface area contributed by atoms with Crippen molar-refractivity contribution < 1.29 is 4.74 Å². The number of nitrogens with zero attached hydrogens (tertiary/aromatic N) is 2. The standard InChI is InChI=1S/C14H16N4O/c1-9-4-2-3-5-10(9)13-16-12-6-7-19-8-11(12)14(17-13)18-15/h2-5H,6-8,15H2,1H3,(H,16,17,18). The van der Waals surface area contributed by atoms with Gasteiger partial charge < -0.3 is 10.2 Å². The van der Waals surface area contributed by atoms with Crippen LogP contribution in [0.25, 0.3) is 11.4 Å². The van der Waals surface area contributed by atoms with Crippen LogP contribution in [0.2, 0.25) is 0 Å². The van der Waals surface area contributed by atoms with Crippen molar-refractivity contribution in [2.45, 2.75) is 20.0 Å². The van der Waals surface area contributed by atoms with E-state index in [0.717, 1.165) is 28.8 Å². The predicted octanol–water partition coefficient (Wildman–Crippen LogP) is 1.81. The number of benzene rings is 1. The lowest BCUT2D eigenvalue weighted by Gasteiger charge is -2.19. The first kappa shape index (κ1) is 12.1. The van der Waals surface area contributed by atoms with Gasteiger partial charge in [-0.1, -0.05) is 24.3 Å². The van der Waals surface area contributed by atoms with Crippen molar-refractivity contribution in [3.8, 4) is 11.4 Å². The third-order valence-electron chi connectivity index (χ3n) is 3.35. The fraction of sp³-hybridized carbons (Fsp3) is 0.286. The van der Waals surface area contributed by atoms with E-state index in [1.54, 1.807) is 0 Å². The van der Waals surface area contributed by atoms with Crippen molar-refractivity contribution in [2.24, 2.45) is 5.84 Å². The number of nitrogen functional groups attached to an aromatic ring is 1. The molecule has 1 aromatic heterocycles. The number of fused-ring (bicyclic) bond motifs is 1. The second-order valence-corrected chi connectivity index (χ2v) is 4.58. The number of ether oxygens (including phenoxy) is 1. The van der Waals surface area contributed by atoms with Gasteiger partial charge in [0, 0.05) is 17.5 Å². The number of nitrogens with one attached hydrogen (secondary N) is 1. The van der Waals surface area contributed by atoms with Crippen molar-refractivity contribution in [1.29, 1.82) is 0 Å². The lowest BCUT2D eigenvalue weighted by molar-refractivity contribution is 0.109. The molecule has 0 aliphatic carbocycles. The van der Waals surface area contributed by atoms with E-state index >= 15 is 0 Å². The Kier molecular flexibility index (Phi) is 3.15. The number of anilines is 1. The summed E-state index contributed by atoms with van der Waals surface area (Å²) in [7, 11) is 0. The molecule has 0 saturated heterocycles. The highest BCUT2D eigenvalue weighted by Crippen LogP contribution is 2.26. The quantitative estimate of drug-likeness (QED) is 0.633. The van der Waals surface area contributed by atoms with E-state index in [1.807, 2.05) is 18.2 Å². The van der Waals surface area contributed by atoms with Gasteiger partial charge in [-0.25, -0.2) is 15.8 Å². The van der Waals surface area contributed by atoms with Crippen molar-refractivity contribution in [1.82, 2.24) is 9.97 Å². The summed E-state index contributed by atoms with van der Waals surface area (Å²) >= 11 is 0. The number of aryl methyl sites for hydroxylation is 1. The van der Waals surface area contributed by atoms with E-state index in [2.05, 4.69) is 28.4 Å². The van der Waals surface area contributed by atoms with Gasteiger partial charge in [0.2, 0.25) is 0 Å². The van der Waals surface area contributed by atoms with Crippen LogP contribution in [0.1, 0.15) is 16.8 Å². The van der Waals surface area contributed by atoms with E-state index in [0.29, 0.717) is 24.9 Å². The molecular formula is C14H16N4O. The average Bonchev–Trinajstić information content (AvgIpc) is 2.46. The molecule has 5 nitrogen and oxygen atoms in total. The maximum Gasteiger partial charge on any atom is 0.162 e. The largest absolute Gasteiger partial charge is 0.376 e. The predicted molar refractivity (Wildman–Crippen MR) is 73.4 cm³/mol. The van der Waals surface area contributed by atoms with E-state index in [9.17, 15) is 0 Å². The van der Waals surface area contributed by atoms with E-state index in [4.69, 9.17) is 10.6 Å². The molecule has 19 heavy (non-hydrogen) atoms. The van der Waals surface area contributed by atoms with Crippen LogP contribution in [0.3, 0.4) is 0 Å². The Morgan fingerprint density at radius 3 is 2.89 bits per heavy atom. The SMILES string of the molecule is Cc1ccccc1-c1nc2c(c(NN)n1)COCC2. The molecule has 0 amide bonds. The van der Waals surface area contributed by atoms with Crippen LogP contribution in [-0.4, -0.2) is 16.6 Å². The Morgan fingerprint density at radius 2 is 2.11 bits per heavy atom. The Morgan fingerprint density at radius 1 is 1.26 bits per heavy atom. The summed E-state index contributed by atoms with van der Waals surface area (Å²) in [4.78, 5) is 9.17. The summed E-state index contributed by atoms with van der Waals surface area (Å²) in [6.45, 7) is 3.26. The first-order valence-corrected chi connectivity index (χ1v) is 6.29. The van der Waals surface area contributed by atoms with Crippen molar-refractivity contribution in [3.63, 3.8) is 0 Å². The van der Waals surface area contributed by atoms with E-state index in [1.165, 1.54) is 0 Å². The molecule has 2 aromatic rings. The van der Waals surface area contributed by atoms with Crippen molar-refractivity contribution >= 4 is 5.82 Å². The smallest absolute Gasteiger partial charge is 0.162 e. The summed E-state index contributed by atoms with van der Waals surface area (Å²) < 4.78 is 5.43. The van der Waals surface area contributed by atoms with Crippen LogP contribution in [0, 0.1) is 6.92 Å². The van der Waals surface area contributed by atoms with Crippen LogP contribution in [0.15, 0.2) is 24.3 Å². The van der Waals surface area contributed by atoms with Gasteiger partial charge in [0.1, 0.15) is 5.82 Å². The number of rotatable bonds is 2. The Hall–Kier alpha value is -1.98. The average molecular weight is 256 g/mol. The number of aromatic nitrogens is 2. The van der Waals surface area contributed by atoms with Gasteiger partial charge in [-0.15, -0.1) is 0 Å². The van der Waals surface area contributed by atoms with Gasteiger partial charge in [0.05, 0.1) is 18.9 Å². The Labute approximate surface area is 111 Å². The number of hydrazine groups is 1. The first-order chi connectivity index (χ1) is 9.29. The van der Waals surface area contributed by atoms with Gasteiger partial charge in [0.15, 0.2) is 5.82 Å². The molecule has 1 aliphatic heterocycles. The minimum atomic E-state index is 0.517. The summed E-state index contributed by atoms with van der Waals surface area (Å²) in [5.41, 5.74) is 6.82. The summed E-state index contributed by atoms with van der Waals surface area (Å²) in [6, 6.07) is 8.07. The van der Waals surface area contributed by atoms with Crippen molar-refractivity contribution in [3.05, 3.63) is 41.1 Å². The molecule has 1 aromatic carbocycles. The normalized spacial score (nSPS) is 14.0. The molecule has 2 heterocycles. The summed E-state index contributed by atoms with van der Waals surface area (Å²) in [6.07, 6.45) is 0.797. The van der Waals surface area contributed by atoms with Crippen LogP contribution >= 0.6 is 0 Å². The van der Waals surface area contributed by atoms with Crippen LogP contribution < -0.4 is 11.3 Å². The second kappa shape index (κ2) is 4.95. The number of hydrogen-bond donors (Lipinski definition) is 2. The molecule has 0 atom stereocenters. The van der Waals surface area contributed by atoms with Crippen LogP contribution in [0.4, 0.5) is 5.82 Å². The fourth-order valence-electron chi connectivity index (χ4n) is 2.30. The van der Waals surface area contributed by atoms with E-state index in [-0.39, 0.29) is 0 Å². The third-order valence-corrected chi connectivity index (χ3v) is 3.35. The van der Waals surface area contributed by atoms with Crippen molar-refractivity contribution in [2.75, 3.05) is 12.0 Å². The Balaban J connectivity index is 2.15. The van der Waals surface area contributed by atoms with Gasteiger partial charge in [0.25, 0.3) is 0 Å². The zero-order valence-corrected chi connectivity index (χ0v) is 10.8. The van der Waals surface area contributed by atoms with Gasteiger partial charge in [-0.2, -0.15) is 0 Å². The molecule has 0 fully saturated rings. The van der Waals surface area contributed by atoms with Gasteiger partial charge >= 0.3 is 0 Å². The maximum atomic E-state index is 5.56. The molecule has 0 spiro atoms. The highest BCUT2D eigenvalue weighted by atomic mass is 16.5. The first-order valence-electron chi connectivity index (χ1n) is 6.29. The zero-order valence-electron chi connectivity index (χ0n) is 10.8. The van der Waals surface area contributed by atoms with Gasteiger partial charge in [-0.05, 0) is 12.5 Å². The van der Waals surface area contributed by atoms with Crippen LogP contribution in [0.5, 0.6) is 0 Å². The fourth-order valence-corrected chi connectivity index (χ4v) is 2.30. The topological polar surface area (TPSA) is 73.1 Å². The Bertz CT molecular complexity index is 595. The molecule has 3 N–H and O–H groups in total. The number of nitrogens with two attached hydrogens (primary N) is 1. The third kappa shape index (κ3) is 2.18. The lowest BCUT2D eigenvalue weighted by atomic mass is 10.1. The number of hydrogen-bond acceptors (Lipinski definition) is 5. The summed E-state index contributed by atoms with van der Waals surface area (Å²) in [5, 5.41) is 0. The highest BCUT2D eigenvalue weighted by Gasteiger charge is 2.18. The minimum Gasteiger partial charge on any atom is -0.376 e.